The third kappa shape index (κ3) is 5.19. The van der Waals surface area contributed by atoms with Gasteiger partial charge in [-0.3, -0.25) is 4.90 Å². The minimum Gasteiger partial charge on any atom is -0.317 e. The van der Waals surface area contributed by atoms with E-state index in [0.717, 1.165) is 19.6 Å². The van der Waals surface area contributed by atoms with Crippen LogP contribution in [0.2, 0.25) is 0 Å². The molecule has 0 saturated carbocycles. The summed E-state index contributed by atoms with van der Waals surface area (Å²) in [6, 6.07) is 5.61. The molecule has 17 heavy (non-hydrogen) atoms. The van der Waals surface area contributed by atoms with Gasteiger partial charge in [-0.05, 0) is 51.7 Å². The molecule has 1 aromatic rings. The van der Waals surface area contributed by atoms with Crippen LogP contribution in [-0.2, 0) is 6.54 Å². The first-order valence-electron chi connectivity index (χ1n) is 6.64. The molecule has 0 aliphatic rings. The average Bonchev–Trinajstić information content (AvgIpc) is 2.78. The Labute approximate surface area is 110 Å². The lowest BCUT2D eigenvalue weighted by Gasteiger charge is -2.32. The van der Waals surface area contributed by atoms with Gasteiger partial charge in [0.15, 0.2) is 0 Å². The van der Waals surface area contributed by atoms with Crippen LogP contribution in [0, 0.1) is 0 Å². The normalized spacial score (nSPS) is 13.5. The van der Waals surface area contributed by atoms with Gasteiger partial charge in [-0.15, -0.1) is 11.3 Å². The Bertz CT molecular complexity index is 282. The summed E-state index contributed by atoms with van der Waals surface area (Å²) in [6.07, 6.45) is 1.22. The Morgan fingerprint density at radius 2 is 2.12 bits per heavy atom. The van der Waals surface area contributed by atoms with Crippen LogP contribution in [0.15, 0.2) is 17.5 Å². The summed E-state index contributed by atoms with van der Waals surface area (Å²) in [5, 5.41) is 5.57. The highest BCUT2D eigenvalue weighted by Gasteiger charge is 2.17. The Hall–Kier alpha value is -0.380. The summed E-state index contributed by atoms with van der Waals surface area (Å²) < 4.78 is 0. The number of nitrogens with zero attached hydrogens (tertiary/aromatic N) is 1. The molecule has 1 unspecified atom stereocenters. The summed E-state index contributed by atoms with van der Waals surface area (Å²) in [5.41, 5.74) is 0. The fraction of sp³-hybridized carbons (Fsp3) is 0.714. The minimum atomic E-state index is 0.605. The fourth-order valence-corrected chi connectivity index (χ4v) is 2.80. The van der Waals surface area contributed by atoms with Crippen molar-refractivity contribution < 1.29 is 0 Å². The van der Waals surface area contributed by atoms with Crippen molar-refractivity contribution in [2.24, 2.45) is 0 Å². The highest BCUT2D eigenvalue weighted by atomic mass is 32.1. The standard InChI is InChI=1S/C14H26N2S/c1-5-15-9-8-13(4)16(12(2)3)11-14-7-6-10-17-14/h6-7,10,12-13,15H,5,8-9,11H2,1-4H3. The highest BCUT2D eigenvalue weighted by molar-refractivity contribution is 7.09. The maximum atomic E-state index is 3.41. The Balaban J connectivity index is 2.47. The van der Waals surface area contributed by atoms with Crippen LogP contribution >= 0.6 is 11.3 Å². The monoisotopic (exact) mass is 254 g/mol. The number of thiophene rings is 1. The minimum absolute atomic E-state index is 0.605. The van der Waals surface area contributed by atoms with Crippen LogP contribution in [0.1, 0.15) is 39.0 Å². The largest absolute Gasteiger partial charge is 0.317 e. The van der Waals surface area contributed by atoms with Gasteiger partial charge in [0.25, 0.3) is 0 Å². The number of hydrogen-bond donors (Lipinski definition) is 1. The van der Waals surface area contributed by atoms with Gasteiger partial charge in [-0.1, -0.05) is 13.0 Å². The molecule has 0 aliphatic carbocycles. The molecule has 0 amide bonds. The van der Waals surface area contributed by atoms with E-state index in [1.807, 2.05) is 11.3 Å². The lowest BCUT2D eigenvalue weighted by Crippen LogP contribution is -2.39. The summed E-state index contributed by atoms with van der Waals surface area (Å²) in [5.74, 6) is 0. The molecule has 98 valence electrons. The van der Waals surface area contributed by atoms with E-state index in [-0.39, 0.29) is 0 Å². The smallest absolute Gasteiger partial charge is 0.0333 e. The zero-order valence-electron chi connectivity index (χ0n) is 11.6. The van der Waals surface area contributed by atoms with Crippen molar-refractivity contribution in [2.45, 2.75) is 52.7 Å². The van der Waals surface area contributed by atoms with E-state index in [2.05, 4.69) is 55.4 Å². The molecule has 0 bridgehead atoms. The van der Waals surface area contributed by atoms with E-state index in [0.29, 0.717) is 12.1 Å². The van der Waals surface area contributed by atoms with E-state index >= 15 is 0 Å². The predicted molar refractivity (Wildman–Crippen MR) is 77.6 cm³/mol. The number of hydrogen-bond acceptors (Lipinski definition) is 3. The summed E-state index contributed by atoms with van der Waals surface area (Å²) in [7, 11) is 0. The zero-order chi connectivity index (χ0) is 12.7. The molecule has 2 nitrogen and oxygen atoms in total. The Kier molecular flexibility index (Phi) is 6.78. The topological polar surface area (TPSA) is 15.3 Å². The molecule has 1 atom stereocenters. The summed E-state index contributed by atoms with van der Waals surface area (Å²) >= 11 is 1.86. The average molecular weight is 254 g/mol. The van der Waals surface area contributed by atoms with Crippen LogP contribution in [0.25, 0.3) is 0 Å². The maximum absolute atomic E-state index is 3.41. The lowest BCUT2D eigenvalue weighted by molar-refractivity contribution is 0.149. The van der Waals surface area contributed by atoms with Crippen LogP contribution in [0.3, 0.4) is 0 Å². The third-order valence-electron chi connectivity index (χ3n) is 3.14. The molecule has 1 aromatic heterocycles. The van der Waals surface area contributed by atoms with Crippen LogP contribution < -0.4 is 5.32 Å². The van der Waals surface area contributed by atoms with Crippen molar-refractivity contribution in [1.82, 2.24) is 10.2 Å². The van der Waals surface area contributed by atoms with Gasteiger partial charge < -0.3 is 5.32 Å². The first kappa shape index (κ1) is 14.7. The molecular formula is C14H26N2S. The van der Waals surface area contributed by atoms with Crippen LogP contribution in [-0.4, -0.2) is 30.1 Å². The number of rotatable bonds is 8. The maximum Gasteiger partial charge on any atom is 0.0333 e. The van der Waals surface area contributed by atoms with E-state index < -0.39 is 0 Å². The molecule has 0 aliphatic heterocycles. The first-order valence-corrected chi connectivity index (χ1v) is 7.52. The fourth-order valence-electron chi connectivity index (χ4n) is 2.08. The Morgan fingerprint density at radius 3 is 2.65 bits per heavy atom. The van der Waals surface area contributed by atoms with Gasteiger partial charge in [0.1, 0.15) is 0 Å². The van der Waals surface area contributed by atoms with Crippen LogP contribution in [0.5, 0.6) is 0 Å². The van der Waals surface area contributed by atoms with Gasteiger partial charge in [-0.2, -0.15) is 0 Å². The van der Waals surface area contributed by atoms with Crippen molar-refractivity contribution in [1.29, 1.82) is 0 Å². The molecule has 3 heteroatoms. The quantitative estimate of drug-likeness (QED) is 0.716. The number of nitrogens with one attached hydrogen (secondary N) is 1. The van der Waals surface area contributed by atoms with E-state index in [4.69, 9.17) is 0 Å². The SMILES string of the molecule is CCNCCC(C)N(Cc1cccs1)C(C)C. The highest BCUT2D eigenvalue weighted by Crippen LogP contribution is 2.17. The lowest BCUT2D eigenvalue weighted by atomic mass is 10.1. The third-order valence-corrected chi connectivity index (χ3v) is 4.00. The van der Waals surface area contributed by atoms with Gasteiger partial charge in [0, 0.05) is 23.5 Å². The molecule has 0 spiro atoms. The van der Waals surface area contributed by atoms with Crippen molar-refractivity contribution in [2.75, 3.05) is 13.1 Å². The molecule has 1 heterocycles. The second kappa shape index (κ2) is 7.85. The van der Waals surface area contributed by atoms with Crippen molar-refractivity contribution in [3.63, 3.8) is 0 Å². The van der Waals surface area contributed by atoms with Crippen LogP contribution in [0.4, 0.5) is 0 Å². The van der Waals surface area contributed by atoms with E-state index in [1.165, 1.54) is 11.3 Å². The second-order valence-corrected chi connectivity index (χ2v) is 5.87. The van der Waals surface area contributed by atoms with Gasteiger partial charge >= 0.3 is 0 Å². The molecule has 0 radical (unpaired) electrons. The summed E-state index contributed by atoms with van der Waals surface area (Å²) in [4.78, 5) is 4.05. The van der Waals surface area contributed by atoms with Gasteiger partial charge in [0.2, 0.25) is 0 Å². The van der Waals surface area contributed by atoms with Crippen molar-refractivity contribution in [3.8, 4) is 0 Å². The van der Waals surface area contributed by atoms with Gasteiger partial charge in [-0.25, -0.2) is 0 Å². The van der Waals surface area contributed by atoms with Crippen molar-refractivity contribution >= 4 is 11.3 Å². The molecule has 0 saturated heterocycles. The van der Waals surface area contributed by atoms with E-state index in [1.54, 1.807) is 0 Å². The molecule has 0 fully saturated rings. The zero-order valence-corrected chi connectivity index (χ0v) is 12.4. The molecule has 1 rings (SSSR count). The first-order chi connectivity index (χ1) is 8.15. The van der Waals surface area contributed by atoms with Gasteiger partial charge in [0.05, 0.1) is 0 Å². The predicted octanol–water partition coefficient (Wildman–Crippen LogP) is 3.35. The molecular weight excluding hydrogens is 228 g/mol. The molecule has 1 N–H and O–H groups in total. The summed E-state index contributed by atoms with van der Waals surface area (Å²) in [6.45, 7) is 12.4. The van der Waals surface area contributed by atoms with E-state index in [9.17, 15) is 0 Å². The second-order valence-electron chi connectivity index (χ2n) is 4.84. The van der Waals surface area contributed by atoms with Crippen molar-refractivity contribution in [3.05, 3.63) is 22.4 Å². The molecule has 0 aromatic carbocycles. The Morgan fingerprint density at radius 1 is 1.35 bits per heavy atom.